The van der Waals surface area contributed by atoms with Crippen molar-refractivity contribution in [2.24, 2.45) is 5.10 Å². The van der Waals surface area contributed by atoms with Crippen LogP contribution in [0.1, 0.15) is 34.6 Å². The first-order valence-electron chi connectivity index (χ1n) is 9.81. The quantitative estimate of drug-likeness (QED) is 0.667. The van der Waals surface area contributed by atoms with Crippen molar-refractivity contribution in [1.29, 1.82) is 0 Å². The van der Waals surface area contributed by atoms with Crippen molar-refractivity contribution in [3.8, 4) is 0 Å². The first-order chi connectivity index (χ1) is 13.8. The predicted octanol–water partition coefficient (Wildman–Crippen LogP) is 4.26. The number of anilines is 3. The van der Waals surface area contributed by atoms with Gasteiger partial charge < -0.3 is 4.90 Å². The van der Waals surface area contributed by atoms with Gasteiger partial charge in [-0.2, -0.15) is 5.10 Å². The third-order valence-corrected chi connectivity index (χ3v) is 6.00. The van der Waals surface area contributed by atoms with Crippen LogP contribution in [0.4, 0.5) is 17.2 Å². The van der Waals surface area contributed by atoms with Crippen LogP contribution in [-0.4, -0.2) is 40.2 Å². The molecule has 0 saturated heterocycles. The van der Waals surface area contributed by atoms with Crippen molar-refractivity contribution in [1.82, 2.24) is 4.98 Å². The van der Waals surface area contributed by atoms with Gasteiger partial charge in [0.2, 0.25) is 5.91 Å². The van der Waals surface area contributed by atoms with Crippen LogP contribution >= 0.6 is 12.2 Å². The monoisotopic (exact) mass is 409 g/mol. The summed E-state index contributed by atoms with van der Waals surface area (Å²) >= 11 is 5.80. The molecule has 1 aromatic carbocycles. The molecule has 0 radical (unpaired) electrons. The summed E-state index contributed by atoms with van der Waals surface area (Å²) in [6, 6.07) is 13.6. The van der Waals surface area contributed by atoms with Gasteiger partial charge in [0.15, 0.2) is 5.82 Å². The summed E-state index contributed by atoms with van der Waals surface area (Å²) in [7, 11) is 0. The number of benzene rings is 1. The maximum absolute atomic E-state index is 12.8. The van der Waals surface area contributed by atoms with E-state index < -0.39 is 5.54 Å². The van der Waals surface area contributed by atoms with E-state index in [9.17, 15) is 4.79 Å². The molecule has 0 N–H and O–H groups in total. The number of hydrazone groups is 1. The highest BCUT2D eigenvalue weighted by Crippen LogP contribution is 2.35. The van der Waals surface area contributed by atoms with Crippen LogP contribution < -0.4 is 14.8 Å². The second-order valence-corrected chi connectivity index (χ2v) is 7.49. The highest BCUT2D eigenvalue weighted by Gasteiger charge is 2.49. The minimum Gasteiger partial charge on any atom is -0.372 e. The summed E-state index contributed by atoms with van der Waals surface area (Å²) < 4.78 is 0. The highest BCUT2D eigenvalue weighted by atomic mass is 32.1. The van der Waals surface area contributed by atoms with E-state index in [1.54, 1.807) is 23.0 Å². The van der Waals surface area contributed by atoms with E-state index in [1.807, 2.05) is 56.3 Å². The van der Waals surface area contributed by atoms with Crippen molar-refractivity contribution in [2.45, 2.75) is 40.2 Å². The number of aromatic nitrogens is 1. The Kier molecular flexibility index (Phi) is 5.98. The lowest BCUT2D eigenvalue weighted by atomic mass is 9.93. The molecule has 0 bridgehead atoms. The molecule has 152 valence electrons. The standard InChI is InChI=1S/C22H27N5OS/c1-6-25(7-2)18-11-13-19(14-12-18)26(17(4)28)22(5)16(3)24-27(21(22)29)20-10-8-9-15-23-20/h8-15H,6-7H2,1-5H3. The largest absolute Gasteiger partial charge is 0.372 e. The molecule has 6 nitrogen and oxygen atoms in total. The summed E-state index contributed by atoms with van der Waals surface area (Å²) in [6.07, 6.45) is 1.70. The van der Waals surface area contributed by atoms with Gasteiger partial charge in [-0.3, -0.25) is 9.69 Å². The van der Waals surface area contributed by atoms with Gasteiger partial charge in [-0.15, -0.1) is 0 Å². The van der Waals surface area contributed by atoms with Crippen LogP contribution in [0, 0.1) is 0 Å². The second-order valence-electron chi connectivity index (χ2n) is 7.11. The highest BCUT2D eigenvalue weighted by molar-refractivity contribution is 7.81. The van der Waals surface area contributed by atoms with Crippen LogP contribution in [0.3, 0.4) is 0 Å². The average molecular weight is 410 g/mol. The van der Waals surface area contributed by atoms with Crippen molar-refractivity contribution >= 4 is 46.0 Å². The number of rotatable bonds is 6. The Morgan fingerprint density at radius 2 is 1.72 bits per heavy atom. The number of pyridine rings is 1. The molecule has 1 aromatic heterocycles. The molecule has 1 atom stereocenters. The lowest BCUT2D eigenvalue weighted by Crippen LogP contribution is -2.58. The average Bonchev–Trinajstić information content (AvgIpc) is 2.95. The minimum atomic E-state index is -0.852. The number of thiocarbonyl (C=S) groups is 1. The first-order valence-corrected chi connectivity index (χ1v) is 10.2. The number of amides is 1. The third kappa shape index (κ3) is 3.62. The van der Waals surface area contributed by atoms with Crippen LogP contribution in [0.2, 0.25) is 0 Å². The van der Waals surface area contributed by atoms with Gasteiger partial charge in [-0.25, -0.2) is 9.99 Å². The zero-order chi connectivity index (χ0) is 21.2. The Bertz CT molecular complexity index is 924. The number of carbonyl (C=O) groups is 1. The molecule has 2 aromatic rings. The normalized spacial score (nSPS) is 18.6. The summed E-state index contributed by atoms with van der Waals surface area (Å²) in [4.78, 5) is 21.6. The molecule has 29 heavy (non-hydrogen) atoms. The molecule has 0 spiro atoms. The molecular weight excluding hydrogens is 382 g/mol. The molecule has 1 aliphatic heterocycles. The fraction of sp³-hybridized carbons (Fsp3) is 0.364. The van der Waals surface area contributed by atoms with Crippen LogP contribution in [-0.2, 0) is 4.79 Å². The van der Waals surface area contributed by atoms with Crippen molar-refractivity contribution in [3.05, 3.63) is 48.7 Å². The summed E-state index contributed by atoms with van der Waals surface area (Å²) in [5, 5.41) is 6.28. The molecule has 2 heterocycles. The van der Waals surface area contributed by atoms with E-state index in [-0.39, 0.29) is 5.91 Å². The van der Waals surface area contributed by atoms with E-state index in [2.05, 4.69) is 28.8 Å². The molecule has 0 aliphatic carbocycles. The Balaban J connectivity index is 2.00. The van der Waals surface area contributed by atoms with Gasteiger partial charge in [-0.1, -0.05) is 18.3 Å². The predicted molar refractivity (Wildman–Crippen MR) is 124 cm³/mol. The maximum atomic E-state index is 12.8. The minimum absolute atomic E-state index is 0.0946. The van der Waals surface area contributed by atoms with Gasteiger partial charge in [0.25, 0.3) is 0 Å². The van der Waals surface area contributed by atoms with Crippen molar-refractivity contribution in [2.75, 3.05) is 27.9 Å². The fourth-order valence-electron chi connectivity index (χ4n) is 3.70. The zero-order valence-electron chi connectivity index (χ0n) is 17.6. The summed E-state index contributed by atoms with van der Waals surface area (Å²) in [5.41, 5.74) is 1.81. The van der Waals surface area contributed by atoms with Gasteiger partial charge >= 0.3 is 0 Å². The molecule has 3 rings (SSSR count). The topological polar surface area (TPSA) is 52.0 Å². The van der Waals surface area contributed by atoms with Gasteiger partial charge in [0.1, 0.15) is 10.5 Å². The Labute approximate surface area is 177 Å². The van der Waals surface area contributed by atoms with Gasteiger partial charge in [-0.05, 0) is 64.1 Å². The first kappa shape index (κ1) is 20.9. The number of hydrogen-bond acceptors (Lipinski definition) is 5. The Hall–Kier alpha value is -2.80. The van der Waals surface area contributed by atoms with Gasteiger partial charge in [0, 0.05) is 37.6 Å². The van der Waals surface area contributed by atoms with E-state index in [4.69, 9.17) is 12.2 Å². The lowest BCUT2D eigenvalue weighted by Gasteiger charge is -2.38. The van der Waals surface area contributed by atoms with E-state index >= 15 is 0 Å². The van der Waals surface area contributed by atoms with Crippen LogP contribution in [0.15, 0.2) is 53.8 Å². The SMILES string of the molecule is CCN(CC)c1ccc(N(C(C)=O)C2(C)C(=S)N(c3ccccn3)N=C2C)cc1. The molecule has 0 saturated carbocycles. The third-order valence-electron chi connectivity index (χ3n) is 5.43. The summed E-state index contributed by atoms with van der Waals surface area (Å²) in [5.74, 6) is 0.545. The molecule has 1 unspecified atom stereocenters. The smallest absolute Gasteiger partial charge is 0.225 e. The molecule has 1 amide bonds. The van der Waals surface area contributed by atoms with Crippen molar-refractivity contribution < 1.29 is 4.79 Å². The Morgan fingerprint density at radius 1 is 1.10 bits per heavy atom. The molecule has 0 fully saturated rings. The molecule has 7 heteroatoms. The number of hydrogen-bond donors (Lipinski definition) is 0. The van der Waals surface area contributed by atoms with Crippen LogP contribution in [0.5, 0.6) is 0 Å². The fourth-order valence-corrected chi connectivity index (χ4v) is 4.08. The molecule has 1 aliphatic rings. The van der Waals surface area contributed by atoms with E-state index in [1.165, 1.54) is 0 Å². The zero-order valence-corrected chi connectivity index (χ0v) is 18.4. The molecular formula is C22H27N5OS. The maximum Gasteiger partial charge on any atom is 0.225 e. The Morgan fingerprint density at radius 3 is 2.24 bits per heavy atom. The van der Waals surface area contributed by atoms with E-state index in [0.717, 1.165) is 30.2 Å². The number of nitrogens with zero attached hydrogens (tertiary/aromatic N) is 5. The number of carbonyl (C=O) groups excluding carboxylic acids is 1. The van der Waals surface area contributed by atoms with Gasteiger partial charge in [0.05, 0.1) is 5.71 Å². The van der Waals surface area contributed by atoms with Crippen LogP contribution in [0.25, 0.3) is 0 Å². The van der Waals surface area contributed by atoms with Crippen molar-refractivity contribution in [3.63, 3.8) is 0 Å². The summed E-state index contributed by atoms with van der Waals surface area (Å²) in [6.45, 7) is 11.5. The van der Waals surface area contributed by atoms with E-state index in [0.29, 0.717) is 10.8 Å². The lowest BCUT2D eigenvalue weighted by molar-refractivity contribution is -0.116. The second kappa shape index (κ2) is 8.29.